The minimum atomic E-state index is -0.167. The van der Waals surface area contributed by atoms with Crippen molar-refractivity contribution in [2.75, 3.05) is 23.3 Å². The fourth-order valence-corrected chi connectivity index (χ4v) is 4.12. The summed E-state index contributed by atoms with van der Waals surface area (Å²) >= 11 is 0. The van der Waals surface area contributed by atoms with E-state index < -0.39 is 0 Å². The summed E-state index contributed by atoms with van der Waals surface area (Å²) in [5.74, 6) is -0.263. The molecule has 1 aromatic carbocycles. The van der Waals surface area contributed by atoms with Crippen LogP contribution < -0.4 is 15.5 Å². The van der Waals surface area contributed by atoms with Gasteiger partial charge in [0.05, 0.1) is 11.8 Å². The molecule has 134 valence electrons. The van der Waals surface area contributed by atoms with Gasteiger partial charge >= 0.3 is 0 Å². The monoisotopic (exact) mass is 341 g/mol. The molecule has 0 spiro atoms. The molecule has 2 amide bonds. The van der Waals surface area contributed by atoms with Crippen LogP contribution in [0.5, 0.6) is 0 Å². The number of benzene rings is 1. The fraction of sp³-hybridized carbons (Fsp3) is 0.600. The highest BCUT2D eigenvalue weighted by Crippen LogP contribution is 2.40. The lowest BCUT2D eigenvalue weighted by molar-refractivity contribution is -0.125. The summed E-state index contributed by atoms with van der Waals surface area (Å²) in [7, 11) is 0. The molecule has 5 heteroatoms. The summed E-state index contributed by atoms with van der Waals surface area (Å²) in [6.07, 6.45) is 7.75. The van der Waals surface area contributed by atoms with Crippen molar-refractivity contribution >= 4 is 23.2 Å². The number of rotatable bonds is 5. The Labute approximate surface area is 149 Å². The lowest BCUT2D eigenvalue weighted by Crippen LogP contribution is -2.34. The van der Waals surface area contributed by atoms with Gasteiger partial charge in [0.2, 0.25) is 11.8 Å². The third-order valence-electron chi connectivity index (χ3n) is 5.77. The first-order valence-corrected chi connectivity index (χ1v) is 9.67. The lowest BCUT2D eigenvalue weighted by atomic mass is 10.2. The molecule has 1 aliphatic heterocycles. The summed E-state index contributed by atoms with van der Waals surface area (Å²) in [6, 6.07) is 8.38. The Morgan fingerprint density at radius 2 is 1.52 bits per heavy atom. The smallest absolute Gasteiger partial charge is 0.228 e. The number of hydrogen-bond acceptors (Lipinski definition) is 3. The van der Waals surface area contributed by atoms with E-state index in [4.69, 9.17) is 0 Å². The normalized spacial score (nSPS) is 25.8. The van der Waals surface area contributed by atoms with Gasteiger partial charge in [0.15, 0.2) is 0 Å². The van der Waals surface area contributed by atoms with Crippen molar-refractivity contribution in [1.29, 1.82) is 0 Å². The minimum absolute atomic E-state index is 0.0273. The zero-order chi connectivity index (χ0) is 17.2. The molecule has 5 nitrogen and oxygen atoms in total. The van der Waals surface area contributed by atoms with E-state index >= 15 is 0 Å². The minimum Gasteiger partial charge on any atom is -0.372 e. The summed E-state index contributed by atoms with van der Waals surface area (Å²) in [5.41, 5.74) is 2.03. The predicted octanol–water partition coefficient (Wildman–Crippen LogP) is 2.92. The Morgan fingerprint density at radius 3 is 2.20 bits per heavy atom. The molecule has 1 heterocycles. The quantitative estimate of drug-likeness (QED) is 0.866. The number of carbonyl (C=O) groups is 2. The Balaban J connectivity index is 1.27. The van der Waals surface area contributed by atoms with Crippen molar-refractivity contribution < 1.29 is 9.59 Å². The van der Waals surface area contributed by atoms with E-state index in [0.29, 0.717) is 12.5 Å². The van der Waals surface area contributed by atoms with Gasteiger partial charge in [0, 0.05) is 30.5 Å². The molecular weight excluding hydrogens is 314 g/mol. The molecule has 1 saturated heterocycles. The van der Waals surface area contributed by atoms with Crippen molar-refractivity contribution in [3.05, 3.63) is 24.3 Å². The van der Waals surface area contributed by atoms with Gasteiger partial charge in [0.1, 0.15) is 0 Å². The molecule has 0 bridgehead atoms. The van der Waals surface area contributed by atoms with Crippen LogP contribution in [-0.4, -0.2) is 30.9 Å². The first kappa shape index (κ1) is 16.4. The Morgan fingerprint density at radius 1 is 0.880 bits per heavy atom. The van der Waals surface area contributed by atoms with E-state index in [0.717, 1.165) is 31.6 Å². The number of nitrogens with zero attached hydrogens (tertiary/aromatic N) is 1. The first-order chi connectivity index (χ1) is 12.2. The second-order valence-electron chi connectivity index (χ2n) is 7.67. The second kappa shape index (κ2) is 7.06. The van der Waals surface area contributed by atoms with Crippen LogP contribution in [0.2, 0.25) is 0 Å². The van der Waals surface area contributed by atoms with E-state index in [2.05, 4.69) is 27.7 Å². The van der Waals surface area contributed by atoms with Crippen LogP contribution in [0.3, 0.4) is 0 Å². The van der Waals surface area contributed by atoms with Gasteiger partial charge in [0.25, 0.3) is 0 Å². The van der Waals surface area contributed by atoms with Gasteiger partial charge in [-0.2, -0.15) is 0 Å². The van der Waals surface area contributed by atoms with Gasteiger partial charge in [-0.05, 0) is 56.4 Å². The van der Waals surface area contributed by atoms with Crippen molar-refractivity contribution in [2.45, 2.75) is 51.0 Å². The largest absolute Gasteiger partial charge is 0.372 e. The number of amides is 2. The van der Waals surface area contributed by atoms with Crippen molar-refractivity contribution in [3.8, 4) is 0 Å². The van der Waals surface area contributed by atoms with Crippen molar-refractivity contribution in [1.82, 2.24) is 5.32 Å². The molecule has 2 unspecified atom stereocenters. The molecule has 4 rings (SSSR count). The van der Waals surface area contributed by atoms with Crippen LogP contribution in [0.15, 0.2) is 24.3 Å². The van der Waals surface area contributed by atoms with Crippen LogP contribution in [0.1, 0.15) is 44.9 Å². The molecule has 2 atom stereocenters. The molecule has 2 saturated carbocycles. The van der Waals surface area contributed by atoms with Gasteiger partial charge in [-0.15, -0.1) is 0 Å². The molecule has 0 radical (unpaired) electrons. The molecule has 3 fully saturated rings. The number of carbonyl (C=O) groups excluding carboxylic acids is 2. The molecule has 25 heavy (non-hydrogen) atoms. The van der Waals surface area contributed by atoms with Crippen molar-refractivity contribution in [3.63, 3.8) is 0 Å². The van der Waals surface area contributed by atoms with Crippen LogP contribution in [0.4, 0.5) is 11.4 Å². The van der Waals surface area contributed by atoms with Gasteiger partial charge in [-0.1, -0.05) is 12.8 Å². The van der Waals surface area contributed by atoms with Crippen molar-refractivity contribution in [2.24, 2.45) is 11.8 Å². The van der Waals surface area contributed by atoms with E-state index in [1.54, 1.807) is 0 Å². The molecular formula is C20H27N3O2. The zero-order valence-corrected chi connectivity index (χ0v) is 14.7. The zero-order valence-electron chi connectivity index (χ0n) is 14.7. The second-order valence-corrected chi connectivity index (χ2v) is 7.67. The highest BCUT2D eigenvalue weighted by molar-refractivity contribution is 5.99. The first-order valence-electron chi connectivity index (χ1n) is 9.67. The molecule has 2 aliphatic carbocycles. The van der Waals surface area contributed by atoms with Crippen LogP contribution in [0.25, 0.3) is 0 Å². The summed E-state index contributed by atoms with van der Waals surface area (Å²) in [5, 5.41) is 6.07. The van der Waals surface area contributed by atoms with E-state index in [-0.39, 0.29) is 23.7 Å². The van der Waals surface area contributed by atoms with E-state index in [1.807, 2.05) is 12.1 Å². The molecule has 1 aromatic rings. The average Bonchev–Trinajstić information content (AvgIpc) is 2.98. The predicted molar refractivity (Wildman–Crippen MR) is 98.5 cm³/mol. The van der Waals surface area contributed by atoms with E-state index in [1.165, 1.54) is 31.4 Å². The topological polar surface area (TPSA) is 61.4 Å². The third-order valence-corrected chi connectivity index (χ3v) is 5.77. The van der Waals surface area contributed by atoms with Crippen LogP contribution in [-0.2, 0) is 9.59 Å². The van der Waals surface area contributed by atoms with E-state index in [9.17, 15) is 9.59 Å². The molecule has 3 aliphatic rings. The molecule has 0 aromatic heterocycles. The maximum Gasteiger partial charge on any atom is 0.228 e. The van der Waals surface area contributed by atoms with Crippen LogP contribution >= 0.6 is 0 Å². The lowest BCUT2D eigenvalue weighted by Gasteiger charge is -2.17. The Kier molecular flexibility index (Phi) is 4.64. The Bertz CT molecular complexity index is 631. The molecule has 2 N–H and O–H groups in total. The standard InChI is InChI=1S/C20H27N3O2/c24-19(21-14-5-1-2-6-14)17-13-18(17)20(25)22-15-7-9-16(10-8-15)23-11-3-4-12-23/h7-10,14,17-18H,1-6,11-13H2,(H,21,24)(H,22,25). The third kappa shape index (κ3) is 3.80. The van der Waals surface area contributed by atoms with Crippen LogP contribution in [0, 0.1) is 11.8 Å². The SMILES string of the molecule is O=C(Nc1ccc(N2CCCC2)cc1)C1CC1C(=O)NC1CCCC1. The highest BCUT2D eigenvalue weighted by Gasteiger charge is 2.48. The number of hydrogen-bond donors (Lipinski definition) is 2. The number of anilines is 2. The van der Waals surface area contributed by atoms with Gasteiger partial charge < -0.3 is 15.5 Å². The fourth-order valence-electron chi connectivity index (χ4n) is 4.12. The van der Waals surface area contributed by atoms with Gasteiger partial charge in [-0.25, -0.2) is 0 Å². The summed E-state index contributed by atoms with van der Waals surface area (Å²) < 4.78 is 0. The maximum absolute atomic E-state index is 12.4. The average molecular weight is 341 g/mol. The van der Waals surface area contributed by atoms with Gasteiger partial charge in [-0.3, -0.25) is 9.59 Å². The number of nitrogens with one attached hydrogen (secondary N) is 2. The maximum atomic E-state index is 12.4. The highest BCUT2D eigenvalue weighted by atomic mass is 16.2. The Hall–Kier alpha value is -2.04. The summed E-state index contributed by atoms with van der Waals surface area (Å²) in [6.45, 7) is 2.23. The summed E-state index contributed by atoms with van der Waals surface area (Å²) in [4.78, 5) is 27.0.